The van der Waals surface area contributed by atoms with Gasteiger partial charge in [0, 0.05) is 16.7 Å². The molecule has 1 aromatic heterocycles. The second kappa shape index (κ2) is 6.36. The van der Waals surface area contributed by atoms with Gasteiger partial charge in [-0.05, 0) is 19.1 Å². The average Bonchev–Trinajstić information content (AvgIpc) is 2.52. The van der Waals surface area contributed by atoms with Gasteiger partial charge in [0.2, 0.25) is 5.88 Å². The van der Waals surface area contributed by atoms with E-state index in [-0.39, 0.29) is 33.5 Å². The van der Waals surface area contributed by atoms with Gasteiger partial charge in [0.15, 0.2) is 0 Å². The smallest absolute Gasteiger partial charge is 0.343 e. The third-order valence-electron chi connectivity index (χ3n) is 3.81. The number of fused-ring (bicyclic) bond motifs is 1. The molecule has 0 saturated carbocycles. The van der Waals surface area contributed by atoms with Gasteiger partial charge >= 0.3 is 5.63 Å². The Morgan fingerprint density at radius 2 is 2.04 bits per heavy atom. The van der Waals surface area contributed by atoms with Crippen LogP contribution >= 0.6 is 23.2 Å². The van der Waals surface area contributed by atoms with Crippen LogP contribution in [0.2, 0.25) is 10.0 Å². The van der Waals surface area contributed by atoms with E-state index in [1.165, 1.54) is 19.2 Å². The minimum Gasteiger partial charge on any atom is -0.495 e. The lowest BCUT2D eigenvalue weighted by atomic mass is 9.84. The first-order valence-electron chi connectivity index (χ1n) is 7.12. The molecule has 25 heavy (non-hydrogen) atoms. The summed E-state index contributed by atoms with van der Waals surface area (Å²) in [4.78, 5) is 12.5. The van der Waals surface area contributed by atoms with Gasteiger partial charge in [0.1, 0.15) is 28.9 Å². The fraction of sp³-hybridized carbons (Fsp3) is 0.176. The van der Waals surface area contributed by atoms with Crippen molar-refractivity contribution in [2.75, 3.05) is 7.11 Å². The molecule has 0 bridgehead atoms. The summed E-state index contributed by atoms with van der Waals surface area (Å²) in [5, 5.41) is 10.1. The molecule has 0 aliphatic carbocycles. The summed E-state index contributed by atoms with van der Waals surface area (Å²) in [5.41, 5.74) is 5.85. The number of ether oxygens (including phenoxy) is 2. The van der Waals surface area contributed by atoms with Crippen LogP contribution in [0.3, 0.4) is 0 Å². The topological polar surface area (TPSA) is 98.5 Å². The highest BCUT2D eigenvalue weighted by Crippen LogP contribution is 2.46. The van der Waals surface area contributed by atoms with Gasteiger partial charge in [0.05, 0.1) is 23.6 Å². The number of methoxy groups -OCH3 is 1. The molecule has 1 aliphatic rings. The van der Waals surface area contributed by atoms with Crippen molar-refractivity contribution in [3.8, 4) is 17.6 Å². The number of benzene rings is 1. The molecule has 6 nitrogen and oxygen atoms in total. The SMILES string of the molecule is COc1c(Cl)cc(Cl)cc1[C@@H]1C(C#N)=C(N)Oc2cc(C)oc(=O)c21. The molecule has 8 heteroatoms. The van der Waals surface area contributed by atoms with Crippen molar-refractivity contribution in [3.63, 3.8) is 0 Å². The third-order valence-corrected chi connectivity index (χ3v) is 4.31. The number of halogens is 2. The number of allylic oxidation sites excluding steroid dienone is 1. The molecule has 0 fully saturated rings. The van der Waals surface area contributed by atoms with E-state index >= 15 is 0 Å². The maximum absolute atomic E-state index is 12.5. The predicted molar refractivity (Wildman–Crippen MR) is 92.0 cm³/mol. The molecule has 2 heterocycles. The van der Waals surface area contributed by atoms with Crippen molar-refractivity contribution < 1.29 is 13.9 Å². The van der Waals surface area contributed by atoms with Crippen LogP contribution in [0.15, 0.2) is 38.9 Å². The molecule has 128 valence electrons. The van der Waals surface area contributed by atoms with Gasteiger partial charge < -0.3 is 19.6 Å². The summed E-state index contributed by atoms with van der Waals surface area (Å²) >= 11 is 12.3. The van der Waals surface area contributed by atoms with Crippen LogP contribution in [0.5, 0.6) is 11.5 Å². The minimum absolute atomic E-state index is 0.0419. The Bertz CT molecular complexity index is 1000. The van der Waals surface area contributed by atoms with E-state index < -0.39 is 11.5 Å². The lowest BCUT2D eigenvalue weighted by Crippen LogP contribution is -2.26. The maximum atomic E-state index is 12.5. The van der Waals surface area contributed by atoms with E-state index in [9.17, 15) is 10.1 Å². The Kier molecular flexibility index (Phi) is 4.38. The van der Waals surface area contributed by atoms with E-state index in [4.69, 9.17) is 42.8 Å². The van der Waals surface area contributed by atoms with Crippen molar-refractivity contribution in [3.05, 3.63) is 67.0 Å². The fourth-order valence-electron chi connectivity index (χ4n) is 2.84. The van der Waals surface area contributed by atoms with Gasteiger partial charge in [-0.15, -0.1) is 0 Å². The Labute approximate surface area is 153 Å². The molecule has 0 radical (unpaired) electrons. The molecule has 3 rings (SSSR count). The van der Waals surface area contributed by atoms with E-state index in [0.29, 0.717) is 16.3 Å². The predicted octanol–water partition coefficient (Wildman–Crippen LogP) is 3.48. The molecular formula is C17H12Cl2N2O4. The minimum atomic E-state index is -0.878. The first-order valence-corrected chi connectivity index (χ1v) is 7.88. The highest BCUT2D eigenvalue weighted by atomic mass is 35.5. The number of rotatable bonds is 2. The number of hydrogen-bond acceptors (Lipinski definition) is 6. The quantitative estimate of drug-likeness (QED) is 0.858. The molecule has 2 aromatic rings. The zero-order chi connectivity index (χ0) is 18.3. The largest absolute Gasteiger partial charge is 0.495 e. The van der Waals surface area contributed by atoms with E-state index in [1.54, 1.807) is 13.0 Å². The van der Waals surface area contributed by atoms with Crippen molar-refractivity contribution in [1.29, 1.82) is 5.26 Å². The number of aryl methyl sites for hydroxylation is 1. The molecule has 0 amide bonds. The number of nitrogens with two attached hydrogens (primary N) is 1. The van der Waals surface area contributed by atoms with Crippen molar-refractivity contribution in [2.24, 2.45) is 5.73 Å². The maximum Gasteiger partial charge on any atom is 0.343 e. The summed E-state index contributed by atoms with van der Waals surface area (Å²) in [6.07, 6.45) is 0. The Balaban J connectivity index is 2.40. The molecule has 0 saturated heterocycles. The second-order valence-corrected chi connectivity index (χ2v) is 6.20. The van der Waals surface area contributed by atoms with Crippen LogP contribution in [0.1, 0.15) is 22.8 Å². The standard InChI is InChI=1S/C17H12Cl2N2O4/c1-7-3-12-14(17(22)24-7)13(10(6-20)16(21)25-12)9-4-8(18)5-11(19)15(9)23-2/h3-5,13H,21H2,1-2H3/t13-/m1/s1. The zero-order valence-corrected chi connectivity index (χ0v) is 14.7. The fourth-order valence-corrected chi connectivity index (χ4v) is 3.43. The van der Waals surface area contributed by atoms with Crippen molar-refractivity contribution in [1.82, 2.24) is 0 Å². The van der Waals surface area contributed by atoms with Crippen LogP contribution in [-0.4, -0.2) is 7.11 Å². The second-order valence-electron chi connectivity index (χ2n) is 5.36. The third kappa shape index (κ3) is 2.82. The van der Waals surface area contributed by atoms with Crippen LogP contribution in [0.25, 0.3) is 0 Å². The van der Waals surface area contributed by atoms with E-state index in [1.807, 2.05) is 6.07 Å². The number of hydrogen-bond donors (Lipinski definition) is 1. The Morgan fingerprint density at radius 3 is 2.68 bits per heavy atom. The highest BCUT2D eigenvalue weighted by Gasteiger charge is 2.36. The molecule has 2 N–H and O–H groups in total. The Hall–Kier alpha value is -2.62. The van der Waals surface area contributed by atoms with Crippen LogP contribution in [0.4, 0.5) is 0 Å². The van der Waals surface area contributed by atoms with Crippen LogP contribution in [0, 0.1) is 18.3 Å². The van der Waals surface area contributed by atoms with Crippen molar-refractivity contribution >= 4 is 23.2 Å². The summed E-state index contributed by atoms with van der Waals surface area (Å²) in [5.74, 6) is -0.135. The van der Waals surface area contributed by atoms with Gasteiger partial charge in [-0.3, -0.25) is 0 Å². The van der Waals surface area contributed by atoms with Crippen molar-refractivity contribution in [2.45, 2.75) is 12.8 Å². The molecule has 0 spiro atoms. The molecule has 0 unspecified atom stereocenters. The van der Waals surface area contributed by atoms with Crippen LogP contribution in [-0.2, 0) is 0 Å². The number of nitriles is 1. The lowest BCUT2D eigenvalue weighted by molar-refractivity contribution is 0.367. The summed E-state index contributed by atoms with van der Waals surface area (Å²) < 4.78 is 16.0. The van der Waals surface area contributed by atoms with Gasteiger partial charge in [-0.1, -0.05) is 23.2 Å². The molecule has 1 atom stereocenters. The molecule has 1 aromatic carbocycles. The summed E-state index contributed by atoms with van der Waals surface area (Å²) in [6, 6.07) is 6.58. The van der Waals surface area contributed by atoms with Crippen LogP contribution < -0.4 is 20.8 Å². The average molecular weight is 379 g/mol. The van der Waals surface area contributed by atoms with E-state index in [0.717, 1.165) is 0 Å². The first kappa shape index (κ1) is 17.2. The molecular weight excluding hydrogens is 367 g/mol. The first-order chi connectivity index (χ1) is 11.9. The number of nitrogens with zero attached hydrogens (tertiary/aromatic N) is 1. The monoisotopic (exact) mass is 378 g/mol. The van der Waals surface area contributed by atoms with Gasteiger partial charge in [-0.2, -0.15) is 5.26 Å². The van der Waals surface area contributed by atoms with Gasteiger partial charge in [-0.25, -0.2) is 4.79 Å². The zero-order valence-electron chi connectivity index (χ0n) is 13.2. The summed E-state index contributed by atoms with van der Waals surface area (Å²) in [7, 11) is 1.43. The lowest BCUT2D eigenvalue weighted by Gasteiger charge is -2.26. The Morgan fingerprint density at radius 1 is 1.32 bits per heavy atom. The normalized spacial score (nSPS) is 16.0. The summed E-state index contributed by atoms with van der Waals surface area (Å²) in [6.45, 7) is 1.61. The highest BCUT2D eigenvalue weighted by molar-refractivity contribution is 6.35. The molecule has 1 aliphatic heterocycles. The van der Waals surface area contributed by atoms with Gasteiger partial charge in [0.25, 0.3) is 0 Å². The van der Waals surface area contributed by atoms with E-state index in [2.05, 4.69) is 0 Å².